The van der Waals surface area contributed by atoms with Crippen LogP contribution in [0.5, 0.6) is 0 Å². The lowest BCUT2D eigenvalue weighted by atomic mass is 10.1. The lowest BCUT2D eigenvalue weighted by molar-refractivity contribution is 1.15. The van der Waals surface area contributed by atoms with Crippen molar-refractivity contribution in [2.45, 2.75) is 18.2 Å². The molecule has 2 heteroatoms. The van der Waals surface area contributed by atoms with Gasteiger partial charge in [-0.15, -0.1) is 11.7 Å². The third-order valence-electron chi connectivity index (χ3n) is 2.39. The van der Waals surface area contributed by atoms with E-state index in [0.717, 1.165) is 6.42 Å². The summed E-state index contributed by atoms with van der Waals surface area (Å²) in [6, 6.07) is 13.1. The van der Waals surface area contributed by atoms with E-state index in [9.17, 15) is 0 Å². The van der Waals surface area contributed by atoms with Crippen LogP contribution >= 0.6 is 22.5 Å². The van der Waals surface area contributed by atoms with Crippen molar-refractivity contribution in [3.63, 3.8) is 0 Å². The van der Waals surface area contributed by atoms with Crippen LogP contribution in [-0.4, -0.2) is 0 Å². The van der Waals surface area contributed by atoms with Gasteiger partial charge in [0.25, 0.3) is 0 Å². The molecule has 72 valence electrons. The van der Waals surface area contributed by atoms with Crippen molar-refractivity contribution in [3.05, 3.63) is 42.0 Å². The number of benzene rings is 2. The van der Waals surface area contributed by atoms with Crippen molar-refractivity contribution in [1.29, 1.82) is 0 Å². The summed E-state index contributed by atoms with van der Waals surface area (Å²) in [6.45, 7) is 2.18. The van der Waals surface area contributed by atoms with Crippen molar-refractivity contribution in [3.8, 4) is 0 Å². The zero-order valence-corrected chi connectivity index (χ0v) is 9.74. The lowest BCUT2D eigenvalue weighted by Gasteiger charge is -2.02. The van der Waals surface area contributed by atoms with Crippen molar-refractivity contribution in [1.82, 2.24) is 0 Å². The van der Waals surface area contributed by atoms with Gasteiger partial charge in [-0.25, -0.2) is 0 Å². The molecule has 0 aliphatic carbocycles. The van der Waals surface area contributed by atoms with E-state index in [1.807, 2.05) is 0 Å². The van der Waals surface area contributed by atoms with Crippen molar-refractivity contribution >= 4 is 33.2 Å². The van der Waals surface area contributed by atoms with Gasteiger partial charge >= 0.3 is 0 Å². The second-order valence-electron chi connectivity index (χ2n) is 3.29. The molecule has 0 atom stereocenters. The summed E-state index contributed by atoms with van der Waals surface area (Å²) >= 11 is 4.19. The Bertz CT molecular complexity index is 406. The molecule has 2 aromatic rings. The summed E-state index contributed by atoms with van der Waals surface area (Å²) in [7, 11) is 1.49. The Hall–Kier alpha value is -0.600. The number of hydrogen-bond acceptors (Lipinski definition) is 2. The van der Waals surface area contributed by atoms with E-state index in [2.05, 4.69) is 55.0 Å². The fourth-order valence-corrected chi connectivity index (χ4v) is 2.20. The van der Waals surface area contributed by atoms with Gasteiger partial charge in [0, 0.05) is 4.90 Å². The van der Waals surface area contributed by atoms with Crippen LogP contribution in [0.2, 0.25) is 0 Å². The second-order valence-corrected chi connectivity index (χ2v) is 4.49. The van der Waals surface area contributed by atoms with Crippen LogP contribution in [0, 0.1) is 0 Å². The molecule has 0 aliphatic rings. The SMILES string of the molecule is CCc1ccc2cc(SS)ccc2c1. The number of aryl methyl sites for hydroxylation is 1. The predicted octanol–water partition coefficient (Wildman–Crippen LogP) is 4.34. The molecule has 0 unspecified atom stereocenters. The van der Waals surface area contributed by atoms with E-state index in [-0.39, 0.29) is 0 Å². The molecule has 0 aliphatic heterocycles. The van der Waals surface area contributed by atoms with Crippen molar-refractivity contribution in [2.75, 3.05) is 0 Å². The topological polar surface area (TPSA) is 0 Å². The molecule has 14 heavy (non-hydrogen) atoms. The molecule has 0 saturated carbocycles. The lowest BCUT2D eigenvalue weighted by Crippen LogP contribution is -1.80. The molecule has 2 rings (SSSR count). The second kappa shape index (κ2) is 4.28. The molecule has 0 aromatic heterocycles. The Morgan fingerprint density at radius 2 is 1.79 bits per heavy atom. The smallest absolute Gasteiger partial charge is 0.0186 e. The molecule has 0 spiro atoms. The third-order valence-corrected chi connectivity index (χ3v) is 3.49. The van der Waals surface area contributed by atoms with Crippen LogP contribution in [0.4, 0.5) is 0 Å². The first kappa shape index (κ1) is 9.94. The largest absolute Gasteiger partial charge is 0.106 e. The van der Waals surface area contributed by atoms with Gasteiger partial charge in [-0.1, -0.05) is 42.0 Å². The Labute approximate surface area is 93.5 Å². The summed E-state index contributed by atoms with van der Waals surface area (Å²) in [5.74, 6) is 0. The van der Waals surface area contributed by atoms with Crippen LogP contribution in [0.15, 0.2) is 41.3 Å². The van der Waals surface area contributed by atoms with Crippen LogP contribution in [0.3, 0.4) is 0 Å². The Kier molecular flexibility index (Phi) is 3.04. The molecule has 0 fully saturated rings. The van der Waals surface area contributed by atoms with Gasteiger partial charge in [0.1, 0.15) is 0 Å². The van der Waals surface area contributed by atoms with E-state index in [1.54, 1.807) is 0 Å². The zero-order valence-electron chi connectivity index (χ0n) is 8.03. The number of rotatable bonds is 2. The quantitative estimate of drug-likeness (QED) is 0.580. The van der Waals surface area contributed by atoms with Crippen molar-refractivity contribution in [2.24, 2.45) is 0 Å². The van der Waals surface area contributed by atoms with Gasteiger partial charge in [0.15, 0.2) is 0 Å². The van der Waals surface area contributed by atoms with Gasteiger partial charge in [-0.3, -0.25) is 0 Å². The maximum absolute atomic E-state index is 4.19. The van der Waals surface area contributed by atoms with Gasteiger partial charge in [0.05, 0.1) is 0 Å². The number of thiol groups is 1. The van der Waals surface area contributed by atoms with Gasteiger partial charge in [-0.05, 0) is 34.9 Å². The normalized spacial score (nSPS) is 10.7. The fourth-order valence-electron chi connectivity index (χ4n) is 1.55. The first-order valence-electron chi connectivity index (χ1n) is 4.67. The highest BCUT2D eigenvalue weighted by atomic mass is 33.1. The van der Waals surface area contributed by atoms with Crippen molar-refractivity contribution < 1.29 is 0 Å². The zero-order chi connectivity index (χ0) is 9.97. The Morgan fingerprint density at radius 3 is 2.50 bits per heavy atom. The van der Waals surface area contributed by atoms with E-state index >= 15 is 0 Å². The fraction of sp³-hybridized carbons (Fsp3) is 0.167. The molecule has 0 bridgehead atoms. The first-order valence-corrected chi connectivity index (χ1v) is 6.54. The summed E-state index contributed by atoms with van der Waals surface area (Å²) in [4.78, 5) is 1.20. The summed E-state index contributed by atoms with van der Waals surface area (Å²) in [5.41, 5.74) is 1.39. The van der Waals surface area contributed by atoms with E-state index < -0.39 is 0 Å². The third kappa shape index (κ3) is 1.91. The van der Waals surface area contributed by atoms with Crippen LogP contribution in [0.1, 0.15) is 12.5 Å². The highest BCUT2D eigenvalue weighted by molar-refractivity contribution is 8.68. The molecular weight excluding hydrogens is 208 g/mol. The summed E-state index contributed by atoms with van der Waals surface area (Å²) < 4.78 is 0. The minimum absolute atomic E-state index is 1.10. The number of hydrogen-bond donors (Lipinski definition) is 1. The monoisotopic (exact) mass is 220 g/mol. The molecule has 0 saturated heterocycles. The maximum atomic E-state index is 4.19. The Balaban J connectivity index is 2.57. The van der Waals surface area contributed by atoms with E-state index in [0.29, 0.717) is 0 Å². The average Bonchev–Trinajstić information content (AvgIpc) is 2.27. The Morgan fingerprint density at radius 1 is 1.07 bits per heavy atom. The minimum Gasteiger partial charge on any atom is -0.106 e. The van der Waals surface area contributed by atoms with E-state index in [1.165, 1.54) is 32.0 Å². The highest BCUT2D eigenvalue weighted by Crippen LogP contribution is 2.26. The molecule has 0 radical (unpaired) electrons. The standard InChI is InChI=1S/C12H12S2/c1-2-9-3-4-11-8-12(14-13)6-5-10(11)7-9/h3-8,13H,2H2,1H3. The number of fused-ring (bicyclic) bond motifs is 1. The molecule has 0 amide bonds. The average molecular weight is 220 g/mol. The summed E-state index contributed by atoms with van der Waals surface area (Å²) in [6.07, 6.45) is 1.10. The van der Waals surface area contributed by atoms with Crippen LogP contribution in [0.25, 0.3) is 10.8 Å². The first-order chi connectivity index (χ1) is 6.83. The maximum Gasteiger partial charge on any atom is 0.0186 e. The predicted molar refractivity (Wildman–Crippen MR) is 68.2 cm³/mol. The highest BCUT2D eigenvalue weighted by Gasteiger charge is 1.96. The summed E-state index contributed by atoms with van der Waals surface area (Å²) in [5, 5.41) is 2.61. The molecule has 2 aromatic carbocycles. The van der Waals surface area contributed by atoms with Gasteiger partial charge in [0.2, 0.25) is 0 Å². The minimum atomic E-state index is 1.10. The van der Waals surface area contributed by atoms with Gasteiger partial charge in [-0.2, -0.15) is 0 Å². The molecule has 0 nitrogen and oxygen atoms in total. The molecular formula is C12H12S2. The van der Waals surface area contributed by atoms with Gasteiger partial charge < -0.3 is 0 Å². The van der Waals surface area contributed by atoms with E-state index in [4.69, 9.17) is 0 Å². The molecule has 0 N–H and O–H groups in total. The van der Waals surface area contributed by atoms with Crippen LogP contribution in [-0.2, 0) is 6.42 Å². The van der Waals surface area contributed by atoms with Crippen LogP contribution < -0.4 is 0 Å². The molecule has 0 heterocycles.